The predicted octanol–water partition coefficient (Wildman–Crippen LogP) is 2.47. The zero-order valence-corrected chi connectivity index (χ0v) is 21.7. The van der Waals surface area contributed by atoms with Gasteiger partial charge in [0.1, 0.15) is 10.0 Å². The zero-order valence-electron chi connectivity index (χ0n) is 17.9. The molecule has 0 unspecified atom stereocenters. The predicted molar refractivity (Wildman–Crippen MR) is 134 cm³/mol. The van der Waals surface area contributed by atoms with Crippen LogP contribution in [0.3, 0.4) is 0 Å². The van der Waals surface area contributed by atoms with Gasteiger partial charge in [-0.05, 0) is 48.5 Å². The van der Waals surface area contributed by atoms with Crippen LogP contribution in [0, 0.1) is 5.82 Å². The Kier molecular flexibility index (Phi) is 7.61. The lowest BCUT2D eigenvalue weighted by atomic mass is 10.2. The molecule has 0 saturated carbocycles. The summed E-state index contributed by atoms with van der Waals surface area (Å²) in [7, 11) is -2.86. The number of nitrogens with one attached hydrogen (secondary N) is 2. The molecule has 2 aromatic carbocycles. The molecule has 2 heterocycles. The van der Waals surface area contributed by atoms with Crippen molar-refractivity contribution < 1.29 is 17.6 Å². The van der Waals surface area contributed by atoms with Crippen LogP contribution in [0.5, 0.6) is 0 Å². The Bertz CT molecular complexity index is 1670. The molecule has 0 bridgehead atoms. The first-order chi connectivity index (χ1) is 16.0. The third-order valence-electron chi connectivity index (χ3n) is 4.84. The molecule has 35 heavy (non-hydrogen) atoms. The number of amides is 2. The lowest BCUT2D eigenvalue weighted by Crippen LogP contribution is -2.40. The average Bonchev–Trinajstić information content (AvgIpc) is 3.22. The van der Waals surface area contributed by atoms with E-state index in [1.807, 2.05) is 0 Å². The molecule has 10 nitrogen and oxygen atoms in total. The number of rotatable bonds is 5. The number of hydrogen-bond donors (Lipinski definition) is 3. The number of halogens is 2. The van der Waals surface area contributed by atoms with Gasteiger partial charge < -0.3 is 16.0 Å². The number of nitrogens with zero attached hydrogens (tertiary/aromatic N) is 2. The number of fused-ring (bicyclic) bond motifs is 1. The molecular weight excluding hydrogens is 533 g/mol. The van der Waals surface area contributed by atoms with Crippen molar-refractivity contribution >= 4 is 84.3 Å². The first-order valence-corrected chi connectivity index (χ1v) is 12.0. The number of benzene rings is 2. The van der Waals surface area contributed by atoms with E-state index < -0.39 is 33.1 Å². The Morgan fingerprint density at radius 1 is 1.17 bits per heavy atom. The van der Waals surface area contributed by atoms with Gasteiger partial charge in [-0.25, -0.2) is 18.5 Å². The van der Waals surface area contributed by atoms with Crippen LogP contribution in [0.4, 0.5) is 20.6 Å². The van der Waals surface area contributed by atoms with Crippen molar-refractivity contribution in [2.24, 2.45) is 5.73 Å². The number of H-pyrrole nitrogens is 1. The maximum atomic E-state index is 14.2. The molecule has 2 radical (unpaired) electrons. The van der Waals surface area contributed by atoms with E-state index in [4.69, 9.17) is 17.3 Å². The lowest BCUT2D eigenvalue weighted by molar-refractivity contribution is 0.257. The largest absolute Gasteiger partial charge is 0.386 e. The number of nitrogens with two attached hydrogens (primary N) is 1. The monoisotopic (exact) mass is 547 g/mol. The number of thiophene rings is 1. The molecule has 2 amide bonds. The van der Waals surface area contributed by atoms with E-state index in [0.29, 0.717) is 4.31 Å². The van der Waals surface area contributed by atoms with Gasteiger partial charge in [-0.15, -0.1) is 11.3 Å². The minimum Gasteiger partial charge on any atom is -0.386 e. The number of anilines is 2. The maximum Gasteiger partial charge on any atom is 0.333 e. The molecule has 4 N–H and O–H groups in total. The van der Waals surface area contributed by atoms with Crippen LogP contribution < -0.4 is 26.6 Å². The molecule has 0 aliphatic heterocycles. The van der Waals surface area contributed by atoms with Gasteiger partial charge in [-0.1, -0.05) is 11.6 Å². The van der Waals surface area contributed by atoms with Crippen LogP contribution in [-0.2, 0) is 10.0 Å². The lowest BCUT2D eigenvalue weighted by Gasteiger charge is -2.19. The number of urea groups is 1. The summed E-state index contributed by atoms with van der Waals surface area (Å²) >= 11 is 6.56. The molecule has 2 aromatic heterocycles. The molecule has 0 aliphatic rings. The van der Waals surface area contributed by atoms with E-state index in [0.717, 1.165) is 22.0 Å². The number of aromatic amines is 1. The van der Waals surface area contributed by atoms with Crippen molar-refractivity contribution in [3.8, 4) is 5.69 Å². The van der Waals surface area contributed by atoms with E-state index in [9.17, 15) is 27.2 Å². The summed E-state index contributed by atoms with van der Waals surface area (Å²) in [5.41, 5.74) is 3.89. The fourth-order valence-electron chi connectivity index (χ4n) is 3.31. The minimum atomic E-state index is -4.36. The summed E-state index contributed by atoms with van der Waals surface area (Å²) in [4.78, 5) is 40.1. The van der Waals surface area contributed by atoms with Gasteiger partial charge in [-0.2, -0.15) is 12.7 Å². The Hall–Kier alpha value is -2.91. The highest BCUT2D eigenvalue weighted by atomic mass is 35.5. The smallest absolute Gasteiger partial charge is 0.333 e. The van der Waals surface area contributed by atoms with Gasteiger partial charge in [0.25, 0.3) is 15.6 Å². The highest BCUT2D eigenvalue weighted by Crippen LogP contribution is 2.31. The average molecular weight is 548 g/mol. The zero-order chi connectivity index (χ0) is 24.8. The Morgan fingerprint density at radius 3 is 2.37 bits per heavy atom. The van der Waals surface area contributed by atoms with Crippen LogP contribution >= 0.6 is 22.9 Å². The third kappa shape index (κ3) is 4.79. The minimum absolute atomic E-state index is 0. The highest BCUT2D eigenvalue weighted by Gasteiger charge is 2.31. The third-order valence-corrected chi connectivity index (χ3v) is 8.26. The van der Waals surface area contributed by atoms with Crippen molar-refractivity contribution in [2.75, 3.05) is 16.7 Å². The fraction of sp³-hybridized carbons (Fsp3) is 0.0500. The van der Waals surface area contributed by atoms with Crippen LogP contribution in [0.1, 0.15) is 0 Å². The summed E-state index contributed by atoms with van der Waals surface area (Å²) in [6.07, 6.45) is 0. The van der Waals surface area contributed by atoms with Crippen LogP contribution in [0.15, 0.2) is 62.3 Å². The van der Waals surface area contributed by atoms with Gasteiger partial charge in [-0.3, -0.25) is 4.79 Å². The van der Waals surface area contributed by atoms with Gasteiger partial charge in [0.2, 0.25) is 0 Å². The topological polar surface area (TPSA) is 147 Å². The van der Waals surface area contributed by atoms with E-state index in [-0.39, 0.29) is 59.6 Å². The standard InChI is InChI=1S/C20H15ClFN5O5S2.Mg/c1-24-15-9-14-12(8-13(15)22)18(28)26(20(30)25-14)10-2-4-11(5-3-10)27(19(23)29)34(31,32)17-7-6-16(21)33-17;/h2-9,24H,1H3,(H2,23,29)(H,25,30);. The van der Waals surface area contributed by atoms with Crippen LogP contribution in [0.2, 0.25) is 4.34 Å². The second-order valence-corrected chi connectivity index (χ2v) is 10.6. The second kappa shape index (κ2) is 9.98. The molecule has 0 fully saturated rings. The van der Waals surface area contributed by atoms with Crippen molar-refractivity contribution in [1.82, 2.24) is 9.55 Å². The molecular formula is C20H15ClFMgN5O5S2. The first-order valence-electron chi connectivity index (χ1n) is 9.41. The quantitative estimate of drug-likeness (QED) is 0.327. The maximum absolute atomic E-state index is 14.2. The van der Waals surface area contributed by atoms with E-state index in [1.54, 1.807) is 0 Å². The molecule has 0 spiro atoms. The molecule has 178 valence electrons. The SMILES string of the molecule is CNc1cc2[nH]c(=O)n(-c3ccc(N(C(N)=O)S(=O)(=O)c4ccc(Cl)s4)cc3)c(=O)c2cc1F.[Mg]. The number of aromatic nitrogens is 2. The normalized spacial score (nSPS) is 11.2. The fourth-order valence-corrected chi connectivity index (χ4v) is 6.20. The van der Waals surface area contributed by atoms with Crippen LogP contribution in [0.25, 0.3) is 16.6 Å². The Morgan fingerprint density at radius 2 is 1.83 bits per heavy atom. The molecule has 0 saturated heterocycles. The van der Waals surface area contributed by atoms with Gasteiger partial charge in [0, 0.05) is 30.1 Å². The number of carbonyl (C=O) groups excluding carboxylic acids is 1. The first kappa shape index (κ1) is 26.7. The Labute approximate surface area is 222 Å². The molecule has 0 aliphatic carbocycles. The molecule has 4 aromatic rings. The summed E-state index contributed by atoms with van der Waals surface area (Å²) in [5, 5.41) is 2.55. The summed E-state index contributed by atoms with van der Waals surface area (Å²) in [5.74, 6) is -0.683. The number of sulfonamides is 1. The summed E-state index contributed by atoms with van der Waals surface area (Å²) in [6.45, 7) is 0. The summed E-state index contributed by atoms with van der Waals surface area (Å²) in [6, 6.07) is 8.54. The second-order valence-electron chi connectivity index (χ2n) is 6.88. The Balaban J connectivity index is 0.00000342. The van der Waals surface area contributed by atoms with Crippen molar-refractivity contribution in [1.29, 1.82) is 0 Å². The van der Waals surface area contributed by atoms with Crippen molar-refractivity contribution in [3.63, 3.8) is 0 Å². The number of primary amides is 1. The highest BCUT2D eigenvalue weighted by molar-refractivity contribution is 7.95. The van der Waals surface area contributed by atoms with Gasteiger partial charge in [0.05, 0.1) is 32.3 Å². The van der Waals surface area contributed by atoms with Crippen molar-refractivity contribution in [2.45, 2.75) is 4.21 Å². The molecule has 4 rings (SSSR count). The van der Waals surface area contributed by atoms with E-state index in [2.05, 4.69) is 10.3 Å². The van der Waals surface area contributed by atoms with Crippen molar-refractivity contribution in [3.05, 3.63) is 79.5 Å². The van der Waals surface area contributed by atoms with Crippen LogP contribution in [-0.4, -0.2) is 54.1 Å². The number of carbonyl (C=O) groups is 1. The van der Waals surface area contributed by atoms with Gasteiger partial charge in [0.15, 0.2) is 0 Å². The van der Waals surface area contributed by atoms with E-state index in [1.165, 1.54) is 49.5 Å². The molecule has 15 heteroatoms. The van der Waals surface area contributed by atoms with E-state index >= 15 is 0 Å². The van der Waals surface area contributed by atoms with Gasteiger partial charge >= 0.3 is 11.7 Å². The molecule has 0 atom stereocenters. The summed E-state index contributed by atoms with van der Waals surface area (Å²) < 4.78 is 41.1. The number of hydrogen-bond acceptors (Lipinski definition) is 7.